The molecule has 0 bridgehead atoms. The number of hydrogen-bond donors (Lipinski definition) is 1. The molecule has 0 radical (unpaired) electrons. The maximum atomic E-state index is 13.4. The summed E-state index contributed by atoms with van der Waals surface area (Å²) in [5.41, 5.74) is 7.40. The predicted octanol–water partition coefficient (Wildman–Crippen LogP) is 3.54. The largest absolute Gasteiger partial charge is 0.497 e. The van der Waals surface area contributed by atoms with Gasteiger partial charge in [0.15, 0.2) is 0 Å². The molecule has 0 aliphatic heterocycles. The van der Waals surface area contributed by atoms with Crippen molar-refractivity contribution in [3.05, 3.63) is 58.4 Å². The third-order valence-corrected chi connectivity index (χ3v) is 3.41. The molecule has 20 heavy (non-hydrogen) atoms. The zero-order valence-electron chi connectivity index (χ0n) is 11.2. The van der Waals surface area contributed by atoms with Crippen molar-refractivity contribution in [3.8, 4) is 11.5 Å². The SMILES string of the molecule is COc1ccc(C(N)c2cc(F)ccc2Cl)c(OC)c1. The molecule has 0 saturated heterocycles. The summed E-state index contributed by atoms with van der Waals surface area (Å²) >= 11 is 6.08. The summed E-state index contributed by atoms with van der Waals surface area (Å²) in [5, 5.41) is 0.414. The van der Waals surface area contributed by atoms with Gasteiger partial charge in [-0.3, -0.25) is 0 Å². The molecule has 1 unspecified atom stereocenters. The lowest BCUT2D eigenvalue weighted by atomic mass is 9.98. The number of rotatable bonds is 4. The van der Waals surface area contributed by atoms with Crippen molar-refractivity contribution in [2.45, 2.75) is 6.04 Å². The van der Waals surface area contributed by atoms with Gasteiger partial charge in [0, 0.05) is 16.7 Å². The highest BCUT2D eigenvalue weighted by Crippen LogP contribution is 2.34. The third-order valence-electron chi connectivity index (χ3n) is 3.07. The Hall–Kier alpha value is -1.78. The first-order chi connectivity index (χ1) is 9.56. The molecule has 0 aromatic heterocycles. The van der Waals surface area contributed by atoms with Gasteiger partial charge in [0.2, 0.25) is 0 Å². The molecule has 0 spiro atoms. The standard InChI is InChI=1S/C15H15ClFNO2/c1-19-10-4-5-11(14(8-10)20-2)15(18)12-7-9(17)3-6-13(12)16/h3-8,15H,18H2,1-2H3. The number of nitrogens with two attached hydrogens (primary N) is 1. The van der Waals surface area contributed by atoms with Crippen LogP contribution in [0.25, 0.3) is 0 Å². The smallest absolute Gasteiger partial charge is 0.127 e. The number of ether oxygens (including phenoxy) is 2. The number of benzene rings is 2. The zero-order chi connectivity index (χ0) is 14.7. The molecule has 106 valence electrons. The van der Waals surface area contributed by atoms with E-state index in [1.807, 2.05) is 0 Å². The summed E-state index contributed by atoms with van der Waals surface area (Å²) < 4.78 is 23.8. The molecular weight excluding hydrogens is 281 g/mol. The molecule has 0 amide bonds. The van der Waals surface area contributed by atoms with E-state index in [1.165, 1.54) is 25.3 Å². The monoisotopic (exact) mass is 295 g/mol. The van der Waals surface area contributed by atoms with Gasteiger partial charge in [-0.1, -0.05) is 11.6 Å². The maximum absolute atomic E-state index is 13.4. The van der Waals surface area contributed by atoms with Crippen LogP contribution in [0, 0.1) is 5.82 Å². The molecule has 1 atom stereocenters. The molecule has 2 rings (SSSR count). The second-order valence-electron chi connectivity index (χ2n) is 4.25. The average Bonchev–Trinajstić information content (AvgIpc) is 2.48. The van der Waals surface area contributed by atoms with Gasteiger partial charge >= 0.3 is 0 Å². The van der Waals surface area contributed by atoms with Gasteiger partial charge in [-0.15, -0.1) is 0 Å². The van der Waals surface area contributed by atoms with Crippen molar-refractivity contribution in [1.29, 1.82) is 0 Å². The van der Waals surface area contributed by atoms with Crippen molar-refractivity contribution in [2.24, 2.45) is 5.73 Å². The van der Waals surface area contributed by atoms with E-state index in [2.05, 4.69) is 0 Å². The Balaban J connectivity index is 2.47. The molecule has 0 aliphatic carbocycles. The van der Waals surface area contributed by atoms with Gasteiger partial charge in [-0.25, -0.2) is 4.39 Å². The quantitative estimate of drug-likeness (QED) is 0.938. The van der Waals surface area contributed by atoms with E-state index in [-0.39, 0.29) is 5.82 Å². The van der Waals surface area contributed by atoms with E-state index in [1.54, 1.807) is 25.3 Å². The molecule has 2 aromatic rings. The highest BCUT2D eigenvalue weighted by Gasteiger charge is 2.18. The first-order valence-electron chi connectivity index (χ1n) is 5.99. The highest BCUT2D eigenvalue weighted by atomic mass is 35.5. The zero-order valence-corrected chi connectivity index (χ0v) is 11.9. The van der Waals surface area contributed by atoms with E-state index in [9.17, 15) is 4.39 Å². The summed E-state index contributed by atoms with van der Waals surface area (Å²) in [6.07, 6.45) is 0. The predicted molar refractivity (Wildman–Crippen MR) is 77.0 cm³/mol. The second-order valence-corrected chi connectivity index (χ2v) is 4.66. The summed E-state index contributed by atoms with van der Waals surface area (Å²) in [5.74, 6) is 0.840. The van der Waals surface area contributed by atoms with Crippen LogP contribution in [-0.4, -0.2) is 14.2 Å². The average molecular weight is 296 g/mol. The molecule has 5 heteroatoms. The molecule has 0 aliphatic rings. The van der Waals surface area contributed by atoms with Gasteiger partial charge in [0.25, 0.3) is 0 Å². The van der Waals surface area contributed by atoms with E-state index >= 15 is 0 Å². The van der Waals surface area contributed by atoms with Crippen LogP contribution in [-0.2, 0) is 0 Å². The van der Waals surface area contributed by atoms with Crippen LogP contribution in [0.5, 0.6) is 11.5 Å². The molecular formula is C15H15ClFNO2. The maximum Gasteiger partial charge on any atom is 0.127 e. The van der Waals surface area contributed by atoms with Gasteiger partial charge in [0.05, 0.1) is 20.3 Å². The summed E-state index contributed by atoms with van der Waals surface area (Å²) in [4.78, 5) is 0. The second kappa shape index (κ2) is 6.11. The minimum atomic E-state index is -0.584. The fourth-order valence-corrected chi connectivity index (χ4v) is 2.23. The van der Waals surface area contributed by atoms with Crippen molar-refractivity contribution >= 4 is 11.6 Å². The molecule has 0 fully saturated rings. The number of halogens is 2. The Morgan fingerprint density at radius 3 is 2.45 bits per heavy atom. The van der Waals surface area contributed by atoms with Crippen molar-refractivity contribution < 1.29 is 13.9 Å². The van der Waals surface area contributed by atoms with Crippen LogP contribution in [0.3, 0.4) is 0 Å². The van der Waals surface area contributed by atoms with Crippen LogP contribution in [0.15, 0.2) is 36.4 Å². The molecule has 2 aromatic carbocycles. The van der Waals surface area contributed by atoms with Crippen LogP contribution < -0.4 is 15.2 Å². The Bertz CT molecular complexity index is 619. The Labute approximate surface area is 122 Å². The normalized spacial score (nSPS) is 12.1. The van der Waals surface area contributed by atoms with Crippen LogP contribution in [0.2, 0.25) is 5.02 Å². The van der Waals surface area contributed by atoms with E-state index in [0.717, 1.165) is 0 Å². The minimum absolute atomic E-state index is 0.382. The molecule has 2 N–H and O–H groups in total. The Morgan fingerprint density at radius 2 is 1.80 bits per heavy atom. The van der Waals surface area contributed by atoms with Gasteiger partial charge in [-0.05, 0) is 35.9 Å². The fraction of sp³-hybridized carbons (Fsp3) is 0.200. The van der Waals surface area contributed by atoms with E-state index < -0.39 is 6.04 Å². The van der Waals surface area contributed by atoms with Gasteiger partial charge in [-0.2, -0.15) is 0 Å². The first kappa shape index (κ1) is 14.6. The summed E-state index contributed by atoms with van der Waals surface area (Å²) in [7, 11) is 3.11. The van der Waals surface area contributed by atoms with Gasteiger partial charge in [0.1, 0.15) is 17.3 Å². The summed E-state index contributed by atoms with van der Waals surface area (Å²) in [6, 6.07) is 8.80. The number of hydrogen-bond acceptors (Lipinski definition) is 3. The van der Waals surface area contributed by atoms with Crippen molar-refractivity contribution in [3.63, 3.8) is 0 Å². The number of methoxy groups -OCH3 is 2. The van der Waals surface area contributed by atoms with Crippen molar-refractivity contribution in [2.75, 3.05) is 14.2 Å². The van der Waals surface area contributed by atoms with E-state index in [4.69, 9.17) is 26.8 Å². The highest BCUT2D eigenvalue weighted by molar-refractivity contribution is 6.31. The lowest BCUT2D eigenvalue weighted by molar-refractivity contribution is 0.390. The van der Waals surface area contributed by atoms with Crippen LogP contribution in [0.4, 0.5) is 4.39 Å². The fourth-order valence-electron chi connectivity index (χ4n) is 2.00. The molecule has 3 nitrogen and oxygen atoms in total. The Kier molecular flexibility index (Phi) is 4.47. The Morgan fingerprint density at radius 1 is 1.05 bits per heavy atom. The van der Waals surface area contributed by atoms with E-state index in [0.29, 0.717) is 27.6 Å². The third kappa shape index (κ3) is 2.86. The molecule has 0 heterocycles. The van der Waals surface area contributed by atoms with Gasteiger partial charge < -0.3 is 15.2 Å². The lowest BCUT2D eigenvalue weighted by Gasteiger charge is -2.18. The van der Waals surface area contributed by atoms with Crippen LogP contribution >= 0.6 is 11.6 Å². The molecule has 0 saturated carbocycles. The lowest BCUT2D eigenvalue weighted by Crippen LogP contribution is -2.14. The van der Waals surface area contributed by atoms with Crippen LogP contribution in [0.1, 0.15) is 17.2 Å². The minimum Gasteiger partial charge on any atom is -0.497 e. The first-order valence-corrected chi connectivity index (χ1v) is 6.37. The summed E-state index contributed by atoms with van der Waals surface area (Å²) in [6.45, 7) is 0. The topological polar surface area (TPSA) is 44.5 Å². The van der Waals surface area contributed by atoms with Crippen molar-refractivity contribution in [1.82, 2.24) is 0 Å².